The fourth-order valence-electron chi connectivity index (χ4n) is 2.59. The fraction of sp³-hybridized carbons (Fsp3) is 0.600. The lowest BCUT2D eigenvalue weighted by Crippen LogP contribution is -2.27. The van der Waals surface area contributed by atoms with Crippen molar-refractivity contribution in [1.29, 1.82) is 0 Å². The van der Waals surface area contributed by atoms with E-state index in [-0.39, 0.29) is 0 Å². The SMILES string of the molecule is CCCNCC1CCN(c2ccccc2SC)C1. The van der Waals surface area contributed by atoms with Gasteiger partial charge in [-0.25, -0.2) is 0 Å². The van der Waals surface area contributed by atoms with Crippen molar-refractivity contribution in [2.75, 3.05) is 37.3 Å². The molecule has 18 heavy (non-hydrogen) atoms. The predicted molar refractivity (Wildman–Crippen MR) is 81.7 cm³/mol. The molecule has 1 atom stereocenters. The minimum absolute atomic E-state index is 0.812. The van der Waals surface area contributed by atoms with E-state index < -0.39 is 0 Å². The monoisotopic (exact) mass is 264 g/mol. The van der Waals surface area contributed by atoms with Gasteiger partial charge in [0.25, 0.3) is 0 Å². The van der Waals surface area contributed by atoms with Gasteiger partial charge in [0.05, 0.1) is 5.69 Å². The fourth-order valence-corrected chi connectivity index (χ4v) is 3.21. The van der Waals surface area contributed by atoms with Gasteiger partial charge in [0.15, 0.2) is 0 Å². The van der Waals surface area contributed by atoms with Crippen molar-refractivity contribution < 1.29 is 0 Å². The minimum Gasteiger partial charge on any atom is -0.370 e. The van der Waals surface area contributed by atoms with E-state index in [1.165, 1.54) is 43.1 Å². The zero-order valence-corrected chi connectivity index (χ0v) is 12.3. The van der Waals surface area contributed by atoms with E-state index in [2.05, 4.69) is 47.7 Å². The van der Waals surface area contributed by atoms with Crippen LogP contribution in [-0.2, 0) is 0 Å². The van der Waals surface area contributed by atoms with Crippen LogP contribution in [-0.4, -0.2) is 32.4 Å². The maximum Gasteiger partial charge on any atom is 0.0504 e. The van der Waals surface area contributed by atoms with Crippen molar-refractivity contribution in [3.63, 3.8) is 0 Å². The van der Waals surface area contributed by atoms with E-state index in [0.717, 1.165) is 12.5 Å². The van der Waals surface area contributed by atoms with Crippen molar-refractivity contribution in [1.82, 2.24) is 5.32 Å². The van der Waals surface area contributed by atoms with Crippen molar-refractivity contribution in [3.8, 4) is 0 Å². The summed E-state index contributed by atoms with van der Waals surface area (Å²) in [7, 11) is 0. The van der Waals surface area contributed by atoms with Crippen LogP contribution in [0.3, 0.4) is 0 Å². The van der Waals surface area contributed by atoms with Gasteiger partial charge < -0.3 is 10.2 Å². The molecule has 2 nitrogen and oxygen atoms in total. The molecule has 100 valence electrons. The van der Waals surface area contributed by atoms with Gasteiger partial charge in [0, 0.05) is 18.0 Å². The third-order valence-corrected chi connectivity index (χ3v) is 4.36. The van der Waals surface area contributed by atoms with Gasteiger partial charge in [-0.15, -0.1) is 11.8 Å². The molecule has 1 aromatic carbocycles. The van der Waals surface area contributed by atoms with Crippen LogP contribution in [0.15, 0.2) is 29.2 Å². The number of benzene rings is 1. The van der Waals surface area contributed by atoms with E-state index in [0.29, 0.717) is 0 Å². The minimum atomic E-state index is 0.812. The number of hydrogen-bond acceptors (Lipinski definition) is 3. The molecule has 0 amide bonds. The number of anilines is 1. The van der Waals surface area contributed by atoms with E-state index in [9.17, 15) is 0 Å². The van der Waals surface area contributed by atoms with Crippen LogP contribution in [0.4, 0.5) is 5.69 Å². The van der Waals surface area contributed by atoms with Gasteiger partial charge in [-0.3, -0.25) is 0 Å². The van der Waals surface area contributed by atoms with Crippen LogP contribution in [0, 0.1) is 5.92 Å². The Balaban J connectivity index is 1.91. The average Bonchev–Trinajstić information content (AvgIpc) is 2.88. The summed E-state index contributed by atoms with van der Waals surface area (Å²) in [6.45, 7) is 6.96. The smallest absolute Gasteiger partial charge is 0.0504 e. The highest BCUT2D eigenvalue weighted by atomic mass is 32.2. The number of nitrogens with zero attached hydrogens (tertiary/aromatic N) is 1. The second kappa shape index (κ2) is 7.05. The number of hydrogen-bond donors (Lipinski definition) is 1. The van der Waals surface area contributed by atoms with Crippen molar-refractivity contribution in [2.45, 2.75) is 24.7 Å². The highest BCUT2D eigenvalue weighted by molar-refractivity contribution is 7.98. The van der Waals surface area contributed by atoms with Crippen LogP contribution < -0.4 is 10.2 Å². The zero-order chi connectivity index (χ0) is 12.8. The van der Waals surface area contributed by atoms with Crippen LogP contribution in [0.2, 0.25) is 0 Å². The van der Waals surface area contributed by atoms with E-state index in [1.807, 2.05) is 11.8 Å². The van der Waals surface area contributed by atoms with E-state index >= 15 is 0 Å². The summed E-state index contributed by atoms with van der Waals surface area (Å²) in [5, 5.41) is 3.55. The molecular weight excluding hydrogens is 240 g/mol. The summed E-state index contributed by atoms with van der Waals surface area (Å²) < 4.78 is 0. The van der Waals surface area contributed by atoms with E-state index in [4.69, 9.17) is 0 Å². The van der Waals surface area contributed by atoms with Gasteiger partial charge in [-0.05, 0) is 50.2 Å². The first-order valence-corrected chi connectivity index (χ1v) is 8.16. The maximum atomic E-state index is 3.55. The lowest BCUT2D eigenvalue weighted by Gasteiger charge is -2.21. The van der Waals surface area contributed by atoms with Gasteiger partial charge in [-0.2, -0.15) is 0 Å². The molecule has 0 aliphatic carbocycles. The molecule has 0 bridgehead atoms. The van der Waals surface area contributed by atoms with Gasteiger partial charge in [0.1, 0.15) is 0 Å². The summed E-state index contributed by atoms with van der Waals surface area (Å²) in [4.78, 5) is 3.95. The molecule has 3 heteroatoms. The summed E-state index contributed by atoms with van der Waals surface area (Å²) in [5.41, 5.74) is 1.42. The Labute approximate surface area is 115 Å². The first kappa shape index (κ1) is 13.8. The molecular formula is C15H24N2S. The number of para-hydroxylation sites is 1. The predicted octanol–water partition coefficient (Wildman–Crippen LogP) is 3.23. The topological polar surface area (TPSA) is 15.3 Å². The van der Waals surface area contributed by atoms with Crippen molar-refractivity contribution in [2.24, 2.45) is 5.92 Å². The lowest BCUT2D eigenvalue weighted by molar-refractivity contribution is 0.516. The molecule has 1 saturated heterocycles. The van der Waals surface area contributed by atoms with Gasteiger partial charge in [0.2, 0.25) is 0 Å². The molecule has 1 N–H and O–H groups in total. The molecule has 1 unspecified atom stereocenters. The maximum absolute atomic E-state index is 3.55. The molecule has 1 fully saturated rings. The molecule has 2 rings (SSSR count). The Morgan fingerprint density at radius 1 is 1.39 bits per heavy atom. The standard InChI is InChI=1S/C15H24N2S/c1-3-9-16-11-13-8-10-17(12-13)14-6-4-5-7-15(14)18-2/h4-7,13,16H,3,8-12H2,1-2H3. The van der Waals surface area contributed by atoms with Crippen LogP contribution in [0.5, 0.6) is 0 Å². The molecule has 1 aliphatic heterocycles. The Hall–Kier alpha value is -0.670. The van der Waals surface area contributed by atoms with Gasteiger partial charge in [-0.1, -0.05) is 19.1 Å². The summed E-state index contributed by atoms with van der Waals surface area (Å²) in [5.74, 6) is 0.812. The van der Waals surface area contributed by atoms with E-state index in [1.54, 1.807) is 0 Å². The highest BCUT2D eigenvalue weighted by Gasteiger charge is 2.23. The third kappa shape index (κ3) is 3.42. The van der Waals surface area contributed by atoms with Crippen LogP contribution >= 0.6 is 11.8 Å². The van der Waals surface area contributed by atoms with Crippen molar-refractivity contribution >= 4 is 17.4 Å². The molecule has 0 saturated carbocycles. The van der Waals surface area contributed by atoms with Crippen molar-refractivity contribution in [3.05, 3.63) is 24.3 Å². The number of rotatable bonds is 6. The Morgan fingerprint density at radius 3 is 3.00 bits per heavy atom. The number of nitrogens with one attached hydrogen (secondary N) is 1. The quantitative estimate of drug-likeness (QED) is 0.627. The Kier molecular flexibility index (Phi) is 5.39. The first-order chi connectivity index (χ1) is 8.85. The first-order valence-electron chi connectivity index (χ1n) is 6.93. The molecule has 0 radical (unpaired) electrons. The Morgan fingerprint density at radius 2 is 2.22 bits per heavy atom. The van der Waals surface area contributed by atoms with Crippen LogP contribution in [0.25, 0.3) is 0 Å². The second-order valence-corrected chi connectivity index (χ2v) is 5.82. The zero-order valence-electron chi connectivity index (χ0n) is 11.5. The highest BCUT2D eigenvalue weighted by Crippen LogP contribution is 2.31. The molecule has 1 aromatic rings. The largest absolute Gasteiger partial charge is 0.370 e. The number of thioether (sulfide) groups is 1. The lowest BCUT2D eigenvalue weighted by atomic mass is 10.1. The molecule has 0 aromatic heterocycles. The molecule has 1 aliphatic rings. The summed E-state index contributed by atoms with van der Waals surface area (Å²) >= 11 is 1.85. The third-order valence-electron chi connectivity index (χ3n) is 3.57. The van der Waals surface area contributed by atoms with Crippen LogP contribution in [0.1, 0.15) is 19.8 Å². The second-order valence-electron chi connectivity index (χ2n) is 4.98. The average molecular weight is 264 g/mol. The molecule has 0 spiro atoms. The summed E-state index contributed by atoms with van der Waals surface area (Å²) in [6, 6.07) is 8.76. The normalized spacial score (nSPS) is 19.4. The Bertz CT molecular complexity index is 367. The summed E-state index contributed by atoms with van der Waals surface area (Å²) in [6.07, 6.45) is 4.71. The molecule has 1 heterocycles. The van der Waals surface area contributed by atoms with Gasteiger partial charge >= 0.3 is 0 Å².